The van der Waals surface area contributed by atoms with Gasteiger partial charge in [-0.25, -0.2) is 4.79 Å². The Bertz CT molecular complexity index is 342. The van der Waals surface area contributed by atoms with Crippen LogP contribution in [0.1, 0.15) is 41.0 Å². The van der Waals surface area contributed by atoms with Gasteiger partial charge in [-0.2, -0.15) is 0 Å². The van der Waals surface area contributed by atoms with Crippen LogP contribution in [0.25, 0.3) is 0 Å². The Balaban J connectivity index is 2.69. The molecule has 0 radical (unpaired) electrons. The second-order valence-corrected chi connectivity index (χ2v) is 5.96. The molecule has 0 aliphatic carbocycles. The maximum absolute atomic E-state index is 12.3. The summed E-state index contributed by atoms with van der Waals surface area (Å²) in [6.45, 7) is 9.65. The van der Waals surface area contributed by atoms with E-state index < -0.39 is 12.0 Å². The molecule has 4 unspecified atom stereocenters. The minimum atomic E-state index is -0.977. The van der Waals surface area contributed by atoms with Crippen molar-refractivity contribution in [3.63, 3.8) is 0 Å². The molecule has 1 aliphatic heterocycles. The van der Waals surface area contributed by atoms with Gasteiger partial charge in [0.05, 0.1) is 18.1 Å². The number of hydrogen-bond donors (Lipinski definition) is 2. The summed E-state index contributed by atoms with van der Waals surface area (Å²) in [4.78, 5) is 23.4. The largest absolute Gasteiger partial charge is 0.480 e. The average Bonchev–Trinajstić information content (AvgIpc) is 2.51. The van der Waals surface area contributed by atoms with Crippen LogP contribution in [-0.4, -0.2) is 35.2 Å². The van der Waals surface area contributed by atoms with Crippen LogP contribution in [0, 0.1) is 17.8 Å². The van der Waals surface area contributed by atoms with E-state index in [0.29, 0.717) is 6.42 Å². The summed E-state index contributed by atoms with van der Waals surface area (Å²) < 4.78 is 5.62. The predicted molar refractivity (Wildman–Crippen MR) is 71.7 cm³/mol. The third-order valence-corrected chi connectivity index (χ3v) is 3.87. The van der Waals surface area contributed by atoms with Crippen molar-refractivity contribution >= 4 is 11.9 Å². The van der Waals surface area contributed by atoms with Crippen molar-refractivity contribution in [1.29, 1.82) is 0 Å². The van der Waals surface area contributed by atoms with Crippen molar-refractivity contribution in [2.75, 3.05) is 0 Å². The maximum atomic E-state index is 12.3. The lowest BCUT2D eigenvalue weighted by Crippen LogP contribution is -2.46. The summed E-state index contributed by atoms with van der Waals surface area (Å²) in [6.07, 6.45) is 0.296. The Morgan fingerprint density at radius 3 is 2.16 bits per heavy atom. The minimum absolute atomic E-state index is 0.0270. The Morgan fingerprint density at radius 1 is 1.21 bits per heavy atom. The molecule has 1 heterocycles. The highest BCUT2D eigenvalue weighted by Crippen LogP contribution is 2.32. The topological polar surface area (TPSA) is 75.6 Å². The van der Waals surface area contributed by atoms with Crippen molar-refractivity contribution in [3.05, 3.63) is 0 Å². The smallest absolute Gasteiger partial charge is 0.326 e. The standard InChI is InChI=1S/C14H25NO4/c1-7(2)6-11(14(17)18)15-13(16)12-8(3)9(4)19-10(12)5/h7-12H,6H2,1-5H3,(H,15,16)(H,17,18)/t8?,9?,10?,11-,12?/m0/s1. The van der Waals surface area contributed by atoms with E-state index in [4.69, 9.17) is 9.84 Å². The molecule has 19 heavy (non-hydrogen) atoms. The SMILES string of the molecule is CC(C)C[C@H](NC(=O)C1C(C)OC(C)C1C)C(=O)O. The number of rotatable bonds is 5. The first kappa shape index (κ1) is 16.0. The Kier molecular flexibility index (Phi) is 5.35. The van der Waals surface area contributed by atoms with E-state index in [1.807, 2.05) is 34.6 Å². The van der Waals surface area contributed by atoms with Gasteiger partial charge >= 0.3 is 5.97 Å². The summed E-state index contributed by atoms with van der Waals surface area (Å²) in [5.74, 6) is -1.14. The van der Waals surface area contributed by atoms with Crippen molar-refractivity contribution < 1.29 is 19.4 Å². The molecule has 0 spiro atoms. The lowest BCUT2D eigenvalue weighted by molar-refractivity contribution is -0.143. The molecule has 0 aromatic rings. The first-order valence-corrected chi connectivity index (χ1v) is 6.92. The summed E-state index contributed by atoms with van der Waals surface area (Å²) in [5, 5.41) is 11.8. The number of ether oxygens (including phenoxy) is 1. The van der Waals surface area contributed by atoms with E-state index >= 15 is 0 Å². The van der Waals surface area contributed by atoms with Gasteiger partial charge in [0.15, 0.2) is 0 Å². The third kappa shape index (κ3) is 3.93. The maximum Gasteiger partial charge on any atom is 0.326 e. The fraction of sp³-hybridized carbons (Fsp3) is 0.857. The van der Waals surface area contributed by atoms with Crippen LogP contribution in [0.4, 0.5) is 0 Å². The molecule has 1 fully saturated rings. The molecule has 0 saturated carbocycles. The van der Waals surface area contributed by atoms with Crippen LogP contribution in [0.15, 0.2) is 0 Å². The number of carboxylic acids is 1. The van der Waals surface area contributed by atoms with Crippen LogP contribution >= 0.6 is 0 Å². The zero-order valence-electron chi connectivity index (χ0n) is 12.3. The van der Waals surface area contributed by atoms with Crippen LogP contribution in [0.5, 0.6) is 0 Å². The fourth-order valence-electron chi connectivity index (χ4n) is 2.68. The van der Waals surface area contributed by atoms with Gasteiger partial charge in [0, 0.05) is 0 Å². The highest BCUT2D eigenvalue weighted by atomic mass is 16.5. The lowest BCUT2D eigenvalue weighted by Gasteiger charge is -2.22. The molecule has 1 amide bonds. The predicted octanol–water partition coefficient (Wildman–Crippen LogP) is 1.66. The summed E-state index contributed by atoms with van der Waals surface area (Å²) in [7, 11) is 0. The second kappa shape index (κ2) is 6.37. The first-order valence-electron chi connectivity index (χ1n) is 6.92. The number of carbonyl (C=O) groups is 2. The Hall–Kier alpha value is -1.10. The normalized spacial score (nSPS) is 32.3. The number of carboxylic acid groups (broad SMARTS) is 1. The van der Waals surface area contributed by atoms with Gasteiger partial charge in [0.2, 0.25) is 5.91 Å². The molecule has 110 valence electrons. The fourth-order valence-corrected chi connectivity index (χ4v) is 2.68. The van der Waals surface area contributed by atoms with Gasteiger partial charge in [-0.15, -0.1) is 0 Å². The summed E-state index contributed by atoms with van der Waals surface area (Å²) in [5.41, 5.74) is 0. The van der Waals surface area contributed by atoms with E-state index in [1.165, 1.54) is 0 Å². The van der Waals surface area contributed by atoms with E-state index in [9.17, 15) is 9.59 Å². The molecular formula is C14H25NO4. The zero-order valence-corrected chi connectivity index (χ0v) is 12.3. The van der Waals surface area contributed by atoms with Crippen molar-refractivity contribution in [1.82, 2.24) is 5.32 Å². The van der Waals surface area contributed by atoms with E-state index in [1.54, 1.807) is 0 Å². The molecule has 5 atom stereocenters. The monoisotopic (exact) mass is 271 g/mol. The van der Waals surface area contributed by atoms with Gasteiger partial charge < -0.3 is 15.2 Å². The quantitative estimate of drug-likeness (QED) is 0.797. The van der Waals surface area contributed by atoms with Gasteiger partial charge in [0.1, 0.15) is 6.04 Å². The molecule has 0 bridgehead atoms. The van der Waals surface area contributed by atoms with Crippen molar-refractivity contribution in [2.45, 2.75) is 59.3 Å². The van der Waals surface area contributed by atoms with E-state index in [-0.39, 0.29) is 35.9 Å². The highest BCUT2D eigenvalue weighted by molar-refractivity contribution is 5.85. The van der Waals surface area contributed by atoms with Crippen molar-refractivity contribution in [3.8, 4) is 0 Å². The molecule has 1 rings (SSSR count). The van der Waals surface area contributed by atoms with Crippen molar-refractivity contribution in [2.24, 2.45) is 17.8 Å². The van der Waals surface area contributed by atoms with Gasteiger partial charge in [-0.05, 0) is 32.1 Å². The van der Waals surface area contributed by atoms with E-state index in [0.717, 1.165) is 0 Å². The van der Waals surface area contributed by atoms with Crippen LogP contribution in [-0.2, 0) is 14.3 Å². The summed E-state index contributed by atoms with van der Waals surface area (Å²) >= 11 is 0. The Morgan fingerprint density at radius 2 is 1.79 bits per heavy atom. The van der Waals surface area contributed by atoms with Crippen LogP contribution < -0.4 is 5.32 Å². The second-order valence-electron chi connectivity index (χ2n) is 5.96. The van der Waals surface area contributed by atoms with Crippen LogP contribution in [0.2, 0.25) is 0 Å². The van der Waals surface area contributed by atoms with E-state index in [2.05, 4.69) is 5.32 Å². The number of amides is 1. The molecule has 5 nitrogen and oxygen atoms in total. The molecule has 0 aromatic carbocycles. The Labute approximate surface area is 114 Å². The molecule has 2 N–H and O–H groups in total. The molecule has 5 heteroatoms. The van der Waals surface area contributed by atoms with Gasteiger partial charge in [-0.1, -0.05) is 20.8 Å². The summed E-state index contributed by atoms with van der Waals surface area (Å²) in [6, 6.07) is -0.817. The zero-order chi connectivity index (χ0) is 14.7. The van der Waals surface area contributed by atoms with Crippen LogP contribution in [0.3, 0.4) is 0 Å². The van der Waals surface area contributed by atoms with Gasteiger partial charge in [0.25, 0.3) is 0 Å². The number of nitrogens with one attached hydrogen (secondary N) is 1. The number of hydrogen-bond acceptors (Lipinski definition) is 3. The van der Waals surface area contributed by atoms with Gasteiger partial charge in [-0.3, -0.25) is 4.79 Å². The molecule has 0 aromatic heterocycles. The molecule has 1 aliphatic rings. The first-order chi connectivity index (χ1) is 8.73. The number of aliphatic carboxylic acids is 1. The minimum Gasteiger partial charge on any atom is -0.480 e. The number of carbonyl (C=O) groups excluding carboxylic acids is 1. The molecular weight excluding hydrogens is 246 g/mol. The highest BCUT2D eigenvalue weighted by Gasteiger charge is 2.42. The lowest BCUT2D eigenvalue weighted by atomic mass is 9.88. The average molecular weight is 271 g/mol. The molecule has 1 saturated heterocycles. The third-order valence-electron chi connectivity index (χ3n) is 3.87.